The van der Waals surface area contributed by atoms with E-state index in [1.165, 1.54) is 6.42 Å². The maximum absolute atomic E-state index is 11.9. The van der Waals surface area contributed by atoms with Crippen molar-refractivity contribution in [2.75, 3.05) is 39.3 Å². The van der Waals surface area contributed by atoms with Gasteiger partial charge in [-0.15, -0.1) is 0 Å². The summed E-state index contributed by atoms with van der Waals surface area (Å²) in [5.41, 5.74) is 0.316. The van der Waals surface area contributed by atoms with Crippen LogP contribution in [0.5, 0.6) is 0 Å². The molecule has 2 aliphatic heterocycles. The first kappa shape index (κ1) is 14.2. The molecule has 2 aliphatic rings. The molecule has 0 aromatic carbocycles. The molecule has 106 valence electrons. The molecule has 0 aromatic rings. The summed E-state index contributed by atoms with van der Waals surface area (Å²) < 4.78 is 26.5. The van der Waals surface area contributed by atoms with Gasteiger partial charge in [0.25, 0.3) is 0 Å². The molecule has 2 fully saturated rings. The molecule has 2 atom stereocenters. The normalized spacial score (nSPS) is 34.2. The maximum atomic E-state index is 11.9. The zero-order chi connectivity index (χ0) is 13.2. The molecule has 0 aliphatic carbocycles. The van der Waals surface area contributed by atoms with E-state index in [2.05, 4.69) is 21.9 Å². The SMILES string of the molecule is CCNS(=O)(=O)C1CCN(CC2(C)CCNC2)C1. The number of nitrogens with one attached hydrogen (secondary N) is 2. The molecule has 2 N–H and O–H groups in total. The van der Waals surface area contributed by atoms with Crippen molar-refractivity contribution in [2.45, 2.75) is 31.9 Å². The lowest BCUT2D eigenvalue weighted by atomic mass is 9.89. The van der Waals surface area contributed by atoms with E-state index in [1.807, 2.05) is 6.92 Å². The molecule has 0 aromatic heterocycles. The Bertz CT molecular complexity index is 377. The van der Waals surface area contributed by atoms with Crippen LogP contribution in [0.3, 0.4) is 0 Å². The third-order valence-corrected chi connectivity index (χ3v) is 6.03. The molecule has 0 saturated carbocycles. The van der Waals surface area contributed by atoms with Crippen molar-refractivity contribution in [2.24, 2.45) is 5.41 Å². The molecule has 0 spiro atoms. The van der Waals surface area contributed by atoms with Gasteiger partial charge >= 0.3 is 0 Å². The fourth-order valence-corrected chi connectivity index (χ4v) is 4.52. The van der Waals surface area contributed by atoms with Gasteiger partial charge in [-0.05, 0) is 31.3 Å². The summed E-state index contributed by atoms with van der Waals surface area (Å²) in [4.78, 5) is 2.31. The summed E-state index contributed by atoms with van der Waals surface area (Å²) >= 11 is 0. The van der Waals surface area contributed by atoms with Gasteiger partial charge < -0.3 is 10.2 Å². The second kappa shape index (κ2) is 5.45. The van der Waals surface area contributed by atoms with E-state index in [0.29, 0.717) is 18.5 Å². The van der Waals surface area contributed by atoms with Gasteiger partial charge in [-0.2, -0.15) is 0 Å². The summed E-state index contributed by atoms with van der Waals surface area (Å²) in [6, 6.07) is 0. The van der Waals surface area contributed by atoms with Gasteiger partial charge in [0.15, 0.2) is 0 Å². The highest BCUT2D eigenvalue weighted by Crippen LogP contribution is 2.28. The molecule has 0 amide bonds. The van der Waals surface area contributed by atoms with Crippen molar-refractivity contribution in [3.63, 3.8) is 0 Å². The van der Waals surface area contributed by atoms with E-state index < -0.39 is 10.0 Å². The van der Waals surface area contributed by atoms with Gasteiger partial charge in [0.1, 0.15) is 0 Å². The summed E-state index contributed by atoms with van der Waals surface area (Å²) in [6.45, 7) is 9.35. The quantitative estimate of drug-likeness (QED) is 0.741. The summed E-state index contributed by atoms with van der Waals surface area (Å²) in [6.07, 6.45) is 1.95. The van der Waals surface area contributed by atoms with Gasteiger partial charge in [0, 0.05) is 26.2 Å². The maximum Gasteiger partial charge on any atom is 0.215 e. The predicted molar refractivity (Wildman–Crippen MR) is 73.0 cm³/mol. The minimum absolute atomic E-state index is 0.226. The third kappa shape index (κ3) is 3.23. The minimum Gasteiger partial charge on any atom is -0.316 e. The van der Waals surface area contributed by atoms with Crippen molar-refractivity contribution in [3.05, 3.63) is 0 Å². The minimum atomic E-state index is -3.10. The Hall–Kier alpha value is -0.170. The van der Waals surface area contributed by atoms with E-state index in [1.54, 1.807) is 0 Å². The highest BCUT2D eigenvalue weighted by atomic mass is 32.2. The van der Waals surface area contributed by atoms with Gasteiger partial charge in [0.2, 0.25) is 10.0 Å². The lowest BCUT2D eigenvalue weighted by molar-refractivity contribution is 0.209. The van der Waals surface area contributed by atoms with E-state index in [-0.39, 0.29) is 5.25 Å². The molecule has 0 radical (unpaired) electrons. The van der Waals surface area contributed by atoms with Crippen LogP contribution in [0.25, 0.3) is 0 Å². The first-order valence-corrected chi connectivity index (χ1v) is 8.41. The zero-order valence-electron chi connectivity index (χ0n) is 11.4. The Morgan fingerprint density at radius 2 is 2.28 bits per heavy atom. The fourth-order valence-electron chi connectivity index (χ4n) is 3.06. The van der Waals surface area contributed by atoms with E-state index in [0.717, 1.165) is 32.6 Å². The summed E-state index contributed by atoms with van der Waals surface area (Å²) in [5, 5.41) is 3.16. The average molecular weight is 275 g/mol. The van der Waals surface area contributed by atoms with E-state index in [4.69, 9.17) is 0 Å². The van der Waals surface area contributed by atoms with Crippen LogP contribution in [0.4, 0.5) is 0 Å². The van der Waals surface area contributed by atoms with Crippen molar-refractivity contribution < 1.29 is 8.42 Å². The van der Waals surface area contributed by atoms with Crippen molar-refractivity contribution in [1.82, 2.24) is 14.9 Å². The molecule has 5 nitrogen and oxygen atoms in total. The van der Waals surface area contributed by atoms with Gasteiger partial charge in [0.05, 0.1) is 5.25 Å². The predicted octanol–water partition coefficient (Wildman–Crippen LogP) is -0.000400. The summed E-state index contributed by atoms with van der Waals surface area (Å²) in [7, 11) is -3.10. The zero-order valence-corrected chi connectivity index (χ0v) is 12.2. The summed E-state index contributed by atoms with van der Waals surface area (Å²) in [5.74, 6) is 0. The standard InChI is InChI=1S/C12H25N3O2S/c1-3-14-18(16,17)11-4-7-15(8-11)10-12(2)5-6-13-9-12/h11,13-14H,3-10H2,1-2H3. The Morgan fingerprint density at radius 1 is 1.50 bits per heavy atom. The first-order valence-electron chi connectivity index (χ1n) is 6.87. The van der Waals surface area contributed by atoms with E-state index in [9.17, 15) is 8.42 Å². The number of sulfonamides is 1. The smallest absolute Gasteiger partial charge is 0.215 e. The van der Waals surface area contributed by atoms with Crippen LogP contribution >= 0.6 is 0 Å². The van der Waals surface area contributed by atoms with Crippen molar-refractivity contribution >= 4 is 10.0 Å². The third-order valence-electron chi connectivity index (χ3n) is 4.08. The average Bonchev–Trinajstić information content (AvgIpc) is 2.88. The van der Waals surface area contributed by atoms with Gasteiger partial charge in [-0.3, -0.25) is 0 Å². The molecule has 2 unspecified atom stereocenters. The Labute approximate surface area is 110 Å². The topological polar surface area (TPSA) is 61.4 Å². The number of hydrogen-bond acceptors (Lipinski definition) is 4. The monoisotopic (exact) mass is 275 g/mol. The number of nitrogens with zero attached hydrogens (tertiary/aromatic N) is 1. The fraction of sp³-hybridized carbons (Fsp3) is 1.00. The second-order valence-electron chi connectivity index (χ2n) is 5.93. The molecule has 2 heterocycles. The van der Waals surface area contributed by atoms with Crippen LogP contribution < -0.4 is 10.0 Å². The van der Waals surface area contributed by atoms with Crippen LogP contribution in [0.15, 0.2) is 0 Å². The van der Waals surface area contributed by atoms with E-state index >= 15 is 0 Å². The second-order valence-corrected chi connectivity index (χ2v) is 7.97. The van der Waals surface area contributed by atoms with Crippen LogP contribution in [0.1, 0.15) is 26.7 Å². The van der Waals surface area contributed by atoms with Crippen molar-refractivity contribution in [3.8, 4) is 0 Å². The lowest BCUT2D eigenvalue weighted by Gasteiger charge is -2.29. The molecule has 18 heavy (non-hydrogen) atoms. The number of hydrogen-bond donors (Lipinski definition) is 2. The number of rotatable bonds is 5. The highest BCUT2D eigenvalue weighted by Gasteiger charge is 2.37. The molecule has 0 bridgehead atoms. The molecule has 6 heteroatoms. The first-order chi connectivity index (χ1) is 8.45. The molecular weight excluding hydrogens is 250 g/mol. The van der Waals surface area contributed by atoms with Gasteiger partial charge in [-0.25, -0.2) is 13.1 Å². The van der Waals surface area contributed by atoms with Gasteiger partial charge in [-0.1, -0.05) is 13.8 Å². The Balaban J connectivity index is 1.88. The number of likely N-dealkylation sites (tertiary alicyclic amines) is 1. The van der Waals surface area contributed by atoms with Crippen LogP contribution in [-0.2, 0) is 10.0 Å². The molecule has 2 saturated heterocycles. The molecular formula is C12H25N3O2S. The Kier molecular flexibility index (Phi) is 4.31. The van der Waals surface area contributed by atoms with Crippen LogP contribution in [-0.4, -0.2) is 57.8 Å². The largest absolute Gasteiger partial charge is 0.316 e. The molecule has 2 rings (SSSR count). The highest BCUT2D eigenvalue weighted by molar-refractivity contribution is 7.90. The van der Waals surface area contributed by atoms with Crippen LogP contribution in [0, 0.1) is 5.41 Å². The lowest BCUT2D eigenvalue weighted by Crippen LogP contribution is -2.39. The van der Waals surface area contributed by atoms with Crippen molar-refractivity contribution in [1.29, 1.82) is 0 Å². The van der Waals surface area contributed by atoms with Crippen LogP contribution in [0.2, 0.25) is 0 Å². The Morgan fingerprint density at radius 3 is 2.89 bits per heavy atom.